The summed E-state index contributed by atoms with van der Waals surface area (Å²) in [5.74, 6) is 0.248. The molecule has 134 valence electrons. The van der Waals surface area contributed by atoms with E-state index in [4.69, 9.17) is 4.74 Å². The van der Waals surface area contributed by atoms with E-state index < -0.39 is 0 Å². The molecular formula is C17H22N4O3S. The van der Waals surface area contributed by atoms with Crippen molar-refractivity contribution in [3.05, 3.63) is 34.8 Å². The van der Waals surface area contributed by atoms with Gasteiger partial charge in [-0.05, 0) is 25.0 Å². The molecule has 0 atom stereocenters. The molecule has 7 nitrogen and oxygen atoms in total. The molecule has 1 aromatic heterocycles. The van der Waals surface area contributed by atoms with Gasteiger partial charge < -0.3 is 10.1 Å². The smallest absolute Gasteiger partial charge is 0.255 e. The van der Waals surface area contributed by atoms with Crippen LogP contribution in [0.5, 0.6) is 5.75 Å². The van der Waals surface area contributed by atoms with E-state index in [-0.39, 0.29) is 18.4 Å². The van der Waals surface area contributed by atoms with E-state index in [1.54, 1.807) is 24.3 Å². The summed E-state index contributed by atoms with van der Waals surface area (Å²) in [6, 6.07) is 6.91. The van der Waals surface area contributed by atoms with Crippen molar-refractivity contribution in [3.8, 4) is 5.75 Å². The molecule has 0 saturated heterocycles. The van der Waals surface area contributed by atoms with Crippen LogP contribution in [0.2, 0.25) is 0 Å². The van der Waals surface area contributed by atoms with Crippen LogP contribution >= 0.6 is 11.3 Å². The van der Waals surface area contributed by atoms with Crippen LogP contribution in [0, 0.1) is 5.92 Å². The molecule has 0 bridgehead atoms. The van der Waals surface area contributed by atoms with Gasteiger partial charge in [0.15, 0.2) is 0 Å². The first kappa shape index (κ1) is 18.9. The van der Waals surface area contributed by atoms with Gasteiger partial charge in [-0.2, -0.15) is 0 Å². The number of aromatic nitrogens is 2. The Bertz CT molecular complexity index is 730. The number of hydrogen-bond donors (Lipinski definition) is 2. The molecule has 2 amide bonds. The molecular weight excluding hydrogens is 340 g/mol. The summed E-state index contributed by atoms with van der Waals surface area (Å²) in [7, 11) is 0. The molecule has 2 N–H and O–H groups in total. The van der Waals surface area contributed by atoms with E-state index in [2.05, 4.69) is 34.7 Å². The topological polar surface area (TPSA) is 93.2 Å². The van der Waals surface area contributed by atoms with E-state index in [1.807, 2.05) is 6.92 Å². The molecule has 0 fully saturated rings. The highest BCUT2D eigenvalue weighted by molar-refractivity contribution is 7.15. The highest BCUT2D eigenvalue weighted by atomic mass is 32.1. The number of hydrogen-bond acceptors (Lipinski definition) is 6. The van der Waals surface area contributed by atoms with Crippen molar-refractivity contribution >= 4 is 28.3 Å². The third-order valence-electron chi connectivity index (χ3n) is 3.14. The van der Waals surface area contributed by atoms with Gasteiger partial charge in [0.2, 0.25) is 11.0 Å². The summed E-state index contributed by atoms with van der Waals surface area (Å²) in [5.41, 5.74) is 0.396. The van der Waals surface area contributed by atoms with Crippen molar-refractivity contribution in [3.63, 3.8) is 0 Å². The predicted molar refractivity (Wildman–Crippen MR) is 97.0 cm³/mol. The summed E-state index contributed by atoms with van der Waals surface area (Å²) < 4.78 is 5.42. The molecule has 2 rings (SSSR count). The van der Waals surface area contributed by atoms with Gasteiger partial charge >= 0.3 is 0 Å². The predicted octanol–water partition coefficient (Wildman–Crippen LogP) is 2.50. The van der Waals surface area contributed by atoms with Gasteiger partial charge in [-0.15, -0.1) is 10.2 Å². The van der Waals surface area contributed by atoms with E-state index >= 15 is 0 Å². The maximum atomic E-state index is 12.2. The van der Waals surface area contributed by atoms with Crippen LogP contribution in [-0.4, -0.2) is 35.2 Å². The summed E-state index contributed by atoms with van der Waals surface area (Å²) in [5, 5.41) is 14.5. The molecule has 1 heterocycles. The van der Waals surface area contributed by atoms with Crippen LogP contribution in [0.4, 0.5) is 5.13 Å². The quantitative estimate of drug-likeness (QED) is 0.753. The lowest BCUT2D eigenvalue weighted by molar-refractivity contribution is -0.115. The molecule has 8 heteroatoms. The molecule has 0 saturated carbocycles. The van der Waals surface area contributed by atoms with Gasteiger partial charge in [-0.25, -0.2) is 0 Å². The average Bonchev–Trinajstić information content (AvgIpc) is 2.99. The Morgan fingerprint density at radius 3 is 2.72 bits per heavy atom. The molecule has 0 radical (unpaired) electrons. The Kier molecular flexibility index (Phi) is 6.88. The monoisotopic (exact) mass is 362 g/mol. The van der Waals surface area contributed by atoms with Crippen LogP contribution in [0.25, 0.3) is 0 Å². The Morgan fingerprint density at radius 1 is 1.24 bits per heavy atom. The first-order valence-corrected chi connectivity index (χ1v) is 8.93. The Hall–Kier alpha value is -2.48. The van der Waals surface area contributed by atoms with Crippen molar-refractivity contribution in [1.29, 1.82) is 0 Å². The largest absolute Gasteiger partial charge is 0.493 e. The Morgan fingerprint density at radius 2 is 2.00 bits per heavy atom. The van der Waals surface area contributed by atoms with Crippen LogP contribution < -0.4 is 15.4 Å². The molecule has 0 spiro atoms. The highest BCUT2D eigenvalue weighted by Gasteiger charge is 2.14. The zero-order valence-electron chi connectivity index (χ0n) is 14.5. The Balaban J connectivity index is 1.87. The van der Waals surface area contributed by atoms with Crippen molar-refractivity contribution in [2.45, 2.75) is 27.2 Å². The first-order valence-electron chi connectivity index (χ1n) is 8.11. The van der Waals surface area contributed by atoms with Crippen molar-refractivity contribution in [2.75, 3.05) is 18.5 Å². The van der Waals surface area contributed by atoms with E-state index in [1.165, 1.54) is 11.3 Å². The van der Waals surface area contributed by atoms with Crippen LogP contribution in [-0.2, 0) is 11.2 Å². The second-order valence-electron chi connectivity index (χ2n) is 5.76. The summed E-state index contributed by atoms with van der Waals surface area (Å²) in [4.78, 5) is 24.2. The minimum atomic E-state index is -0.364. The fraction of sp³-hybridized carbons (Fsp3) is 0.412. The van der Waals surface area contributed by atoms with Crippen LogP contribution in [0.15, 0.2) is 24.3 Å². The number of rotatable bonds is 8. The van der Waals surface area contributed by atoms with Gasteiger partial charge in [-0.1, -0.05) is 37.3 Å². The summed E-state index contributed by atoms with van der Waals surface area (Å²) in [6.07, 6.45) is 0.818. The molecule has 25 heavy (non-hydrogen) atoms. The second kappa shape index (κ2) is 9.12. The number of nitrogens with one attached hydrogen (secondary N) is 2. The summed E-state index contributed by atoms with van der Waals surface area (Å²) >= 11 is 1.34. The number of ether oxygens (including phenoxy) is 1. The van der Waals surface area contributed by atoms with Gasteiger partial charge in [0, 0.05) is 6.42 Å². The maximum absolute atomic E-state index is 12.2. The lowest BCUT2D eigenvalue weighted by atomic mass is 10.1. The zero-order valence-corrected chi connectivity index (χ0v) is 15.4. The number of para-hydroxylation sites is 1. The SMILES string of the molecule is CCOc1ccccc1C(=O)NCC(=O)Nc1nnc(CC(C)C)s1. The normalized spacial score (nSPS) is 10.6. The van der Waals surface area contributed by atoms with E-state index in [0.717, 1.165) is 11.4 Å². The number of nitrogens with zero attached hydrogens (tertiary/aromatic N) is 2. The zero-order chi connectivity index (χ0) is 18.2. The third kappa shape index (κ3) is 5.82. The molecule has 0 unspecified atom stereocenters. The number of amides is 2. The van der Waals surface area contributed by atoms with Crippen molar-refractivity contribution < 1.29 is 14.3 Å². The number of carbonyl (C=O) groups is 2. The first-order chi connectivity index (χ1) is 12.0. The average molecular weight is 362 g/mol. The minimum Gasteiger partial charge on any atom is -0.493 e. The minimum absolute atomic E-state index is 0.154. The molecule has 0 aliphatic carbocycles. The second-order valence-corrected chi connectivity index (χ2v) is 6.82. The van der Waals surface area contributed by atoms with Gasteiger partial charge in [0.05, 0.1) is 18.7 Å². The molecule has 0 aliphatic rings. The third-order valence-corrected chi connectivity index (χ3v) is 4.00. The van der Waals surface area contributed by atoms with E-state index in [0.29, 0.717) is 29.0 Å². The number of benzene rings is 1. The Labute approximate surface area is 150 Å². The van der Waals surface area contributed by atoms with Crippen LogP contribution in [0.3, 0.4) is 0 Å². The van der Waals surface area contributed by atoms with Crippen molar-refractivity contribution in [2.24, 2.45) is 5.92 Å². The molecule has 0 aliphatic heterocycles. The summed E-state index contributed by atoms with van der Waals surface area (Å²) in [6.45, 7) is 6.33. The van der Waals surface area contributed by atoms with Gasteiger partial charge in [0.1, 0.15) is 10.8 Å². The van der Waals surface area contributed by atoms with Gasteiger partial charge in [-0.3, -0.25) is 14.9 Å². The standard InChI is InChI=1S/C17H22N4O3S/c1-4-24-13-8-6-5-7-12(13)16(23)18-10-14(22)19-17-21-20-15(25-17)9-11(2)3/h5-8,11H,4,9-10H2,1-3H3,(H,18,23)(H,19,21,22). The number of anilines is 1. The van der Waals surface area contributed by atoms with Crippen molar-refractivity contribution in [1.82, 2.24) is 15.5 Å². The fourth-order valence-corrected chi connectivity index (χ4v) is 3.06. The molecule has 1 aromatic carbocycles. The fourth-order valence-electron chi connectivity index (χ4n) is 2.09. The molecule has 2 aromatic rings. The van der Waals surface area contributed by atoms with Crippen LogP contribution in [0.1, 0.15) is 36.1 Å². The lowest BCUT2D eigenvalue weighted by Gasteiger charge is -2.10. The van der Waals surface area contributed by atoms with Gasteiger partial charge in [0.25, 0.3) is 5.91 Å². The van der Waals surface area contributed by atoms with E-state index in [9.17, 15) is 9.59 Å². The maximum Gasteiger partial charge on any atom is 0.255 e. The number of carbonyl (C=O) groups excluding carboxylic acids is 2. The highest BCUT2D eigenvalue weighted by Crippen LogP contribution is 2.19. The lowest BCUT2D eigenvalue weighted by Crippen LogP contribution is -2.33.